The monoisotopic (exact) mass is 292 g/mol. The molecule has 0 amide bonds. The van der Waals surface area contributed by atoms with Crippen LogP contribution in [0.25, 0.3) is 0 Å². The van der Waals surface area contributed by atoms with Gasteiger partial charge in [-0.05, 0) is 19.3 Å². The molecule has 0 N–H and O–H groups in total. The van der Waals surface area contributed by atoms with E-state index >= 15 is 0 Å². The number of rotatable bonds is 5. The molecule has 0 aromatic carbocycles. The van der Waals surface area contributed by atoms with Crippen LogP contribution in [0.1, 0.15) is 30.7 Å². The van der Waals surface area contributed by atoms with Gasteiger partial charge in [0.1, 0.15) is 5.69 Å². The summed E-state index contributed by atoms with van der Waals surface area (Å²) in [6.45, 7) is 9.50. The van der Waals surface area contributed by atoms with Gasteiger partial charge in [-0.25, -0.2) is 4.68 Å². The van der Waals surface area contributed by atoms with E-state index in [1.807, 2.05) is 4.68 Å². The molecule has 1 fully saturated rings. The van der Waals surface area contributed by atoms with Gasteiger partial charge in [0.25, 0.3) is 0 Å². The highest BCUT2D eigenvalue weighted by Gasteiger charge is 2.26. The van der Waals surface area contributed by atoms with Crippen molar-refractivity contribution in [1.29, 1.82) is 0 Å². The summed E-state index contributed by atoms with van der Waals surface area (Å²) < 4.78 is 13.1. The predicted molar refractivity (Wildman–Crippen MR) is 78.7 cm³/mol. The molecule has 116 valence electrons. The molecule has 1 saturated heterocycles. The van der Waals surface area contributed by atoms with Gasteiger partial charge < -0.3 is 9.47 Å². The molecule has 6 heteroatoms. The van der Waals surface area contributed by atoms with Gasteiger partial charge in [0.2, 0.25) is 0 Å². The van der Waals surface area contributed by atoms with E-state index in [9.17, 15) is 0 Å². The van der Waals surface area contributed by atoms with Crippen LogP contribution in [0, 0.1) is 0 Å². The zero-order valence-electron chi connectivity index (χ0n) is 12.5. The highest BCUT2D eigenvalue weighted by Crippen LogP contribution is 2.22. The van der Waals surface area contributed by atoms with Crippen LogP contribution >= 0.6 is 0 Å². The molecule has 3 rings (SSSR count). The molecular weight excluding hydrogens is 268 g/mol. The van der Waals surface area contributed by atoms with E-state index in [4.69, 9.17) is 9.47 Å². The molecule has 3 heterocycles. The summed E-state index contributed by atoms with van der Waals surface area (Å²) in [5.41, 5.74) is 2.18. The topological polar surface area (TPSA) is 52.4 Å². The second-order valence-electron chi connectivity index (χ2n) is 5.68. The Bertz CT molecular complexity index is 468. The highest BCUT2D eigenvalue weighted by atomic mass is 16.5. The molecule has 0 bridgehead atoms. The zero-order chi connectivity index (χ0) is 14.5. The van der Waals surface area contributed by atoms with E-state index < -0.39 is 0 Å². The molecule has 21 heavy (non-hydrogen) atoms. The molecule has 0 atom stereocenters. The Kier molecular flexibility index (Phi) is 5.00. The minimum absolute atomic E-state index is 0.517. The van der Waals surface area contributed by atoms with Gasteiger partial charge >= 0.3 is 0 Å². The lowest BCUT2D eigenvalue weighted by Gasteiger charge is -2.33. The molecule has 6 nitrogen and oxygen atoms in total. The lowest BCUT2D eigenvalue weighted by molar-refractivity contribution is 0.0312. The average Bonchev–Trinajstić information content (AvgIpc) is 2.78. The Morgan fingerprint density at radius 3 is 3.00 bits per heavy atom. The molecule has 0 spiro atoms. The maximum absolute atomic E-state index is 5.54. The number of aromatic nitrogens is 3. The Labute approximate surface area is 125 Å². The van der Waals surface area contributed by atoms with Crippen LogP contribution in [0.3, 0.4) is 0 Å². The molecule has 1 aromatic heterocycles. The van der Waals surface area contributed by atoms with Crippen molar-refractivity contribution in [3.05, 3.63) is 24.0 Å². The van der Waals surface area contributed by atoms with Gasteiger partial charge in [0, 0.05) is 38.9 Å². The molecule has 1 aromatic rings. The molecule has 0 unspecified atom stereocenters. The van der Waals surface area contributed by atoms with E-state index in [1.165, 1.54) is 5.69 Å². The molecule has 0 aliphatic carbocycles. The normalized spacial score (nSPS) is 21.0. The van der Waals surface area contributed by atoms with Crippen LogP contribution in [-0.4, -0.2) is 52.3 Å². The second kappa shape index (κ2) is 7.15. The lowest BCUT2D eigenvalue weighted by atomic mass is 10.1. The largest absolute Gasteiger partial charge is 0.381 e. The maximum Gasteiger partial charge on any atom is 0.113 e. The number of hydrogen-bond acceptors (Lipinski definition) is 5. The van der Waals surface area contributed by atoms with E-state index in [1.54, 1.807) is 6.08 Å². The number of aryl methyl sites for hydroxylation is 1. The standard InChI is InChI=1S/C15H24N4O2/c1-2-8-21-12-14-15-11-18(13-4-9-20-10-5-13)6-3-7-19(15)17-16-14/h2,13H,1,3-12H2. The van der Waals surface area contributed by atoms with Crippen molar-refractivity contribution < 1.29 is 9.47 Å². The van der Waals surface area contributed by atoms with Crippen molar-refractivity contribution in [2.24, 2.45) is 0 Å². The van der Waals surface area contributed by atoms with Gasteiger partial charge in [-0.1, -0.05) is 11.3 Å². The van der Waals surface area contributed by atoms with Gasteiger partial charge in [-0.2, -0.15) is 0 Å². The molecule has 2 aliphatic heterocycles. The average molecular weight is 292 g/mol. The van der Waals surface area contributed by atoms with E-state index in [-0.39, 0.29) is 0 Å². The van der Waals surface area contributed by atoms with E-state index in [0.29, 0.717) is 19.3 Å². The van der Waals surface area contributed by atoms with Crippen LogP contribution in [0.4, 0.5) is 0 Å². The fourth-order valence-corrected chi connectivity index (χ4v) is 3.13. The Morgan fingerprint density at radius 2 is 2.19 bits per heavy atom. The number of hydrogen-bond donors (Lipinski definition) is 0. The minimum atomic E-state index is 0.517. The fourth-order valence-electron chi connectivity index (χ4n) is 3.13. The summed E-state index contributed by atoms with van der Waals surface area (Å²) in [7, 11) is 0. The lowest BCUT2D eigenvalue weighted by Crippen LogP contribution is -2.39. The Balaban J connectivity index is 1.70. The summed E-state index contributed by atoms with van der Waals surface area (Å²) >= 11 is 0. The molecular formula is C15H24N4O2. The number of nitrogens with zero attached hydrogens (tertiary/aromatic N) is 4. The van der Waals surface area contributed by atoms with E-state index in [2.05, 4.69) is 21.8 Å². The first-order valence-electron chi connectivity index (χ1n) is 7.80. The smallest absolute Gasteiger partial charge is 0.113 e. The van der Waals surface area contributed by atoms with Crippen molar-refractivity contribution in [3.8, 4) is 0 Å². The molecule has 0 saturated carbocycles. The van der Waals surface area contributed by atoms with Crippen LogP contribution in [0.5, 0.6) is 0 Å². The van der Waals surface area contributed by atoms with Crippen LogP contribution in [0.15, 0.2) is 12.7 Å². The first-order chi connectivity index (χ1) is 10.4. The summed E-state index contributed by atoms with van der Waals surface area (Å²) in [6.07, 6.45) is 5.14. The van der Waals surface area contributed by atoms with Crippen LogP contribution < -0.4 is 0 Å². The summed E-state index contributed by atoms with van der Waals surface area (Å²) in [4.78, 5) is 2.57. The predicted octanol–water partition coefficient (Wildman–Crippen LogP) is 1.37. The van der Waals surface area contributed by atoms with Crippen molar-refractivity contribution in [3.63, 3.8) is 0 Å². The van der Waals surface area contributed by atoms with Crippen molar-refractivity contribution in [1.82, 2.24) is 19.9 Å². The summed E-state index contributed by atoms with van der Waals surface area (Å²) in [6, 6.07) is 0.627. The number of fused-ring (bicyclic) bond motifs is 1. The van der Waals surface area contributed by atoms with Crippen LogP contribution in [0.2, 0.25) is 0 Å². The van der Waals surface area contributed by atoms with Gasteiger partial charge in [-0.3, -0.25) is 4.90 Å². The SMILES string of the molecule is C=CCOCc1nnn2c1CN(C1CCOCC1)CCC2. The van der Waals surface area contributed by atoms with Gasteiger partial charge in [-0.15, -0.1) is 11.7 Å². The van der Waals surface area contributed by atoms with Crippen molar-refractivity contribution in [2.75, 3.05) is 26.4 Å². The maximum atomic E-state index is 5.54. The van der Waals surface area contributed by atoms with Crippen molar-refractivity contribution in [2.45, 2.75) is 45.0 Å². The first-order valence-corrected chi connectivity index (χ1v) is 7.80. The molecule has 0 radical (unpaired) electrons. The third-order valence-electron chi connectivity index (χ3n) is 4.27. The summed E-state index contributed by atoms with van der Waals surface area (Å²) in [5, 5.41) is 8.58. The first kappa shape index (κ1) is 14.7. The third-order valence-corrected chi connectivity index (χ3v) is 4.27. The quantitative estimate of drug-likeness (QED) is 0.606. The Morgan fingerprint density at radius 1 is 1.33 bits per heavy atom. The fraction of sp³-hybridized carbons (Fsp3) is 0.733. The van der Waals surface area contributed by atoms with Crippen molar-refractivity contribution >= 4 is 0 Å². The van der Waals surface area contributed by atoms with Gasteiger partial charge in [0.05, 0.1) is 18.9 Å². The third kappa shape index (κ3) is 3.51. The Hall–Kier alpha value is -1.24. The highest BCUT2D eigenvalue weighted by molar-refractivity contribution is 5.10. The molecule has 2 aliphatic rings. The number of ether oxygens (including phenoxy) is 2. The van der Waals surface area contributed by atoms with Gasteiger partial charge in [0.15, 0.2) is 0 Å². The second-order valence-corrected chi connectivity index (χ2v) is 5.68. The van der Waals surface area contributed by atoms with Crippen LogP contribution in [-0.2, 0) is 29.2 Å². The minimum Gasteiger partial charge on any atom is -0.381 e. The summed E-state index contributed by atoms with van der Waals surface area (Å²) in [5.74, 6) is 0. The zero-order valence-corrected chi connectivity index (χ0v) is 12.5. The van der Waals surface area contributed by atoms with E-state index in [0.717, 1.165) is 57.8 Å².